The molecule has 2 aliphatic rings. The van der Waals surface area contributed by atoms with Gasteiger partial charge in [0.25, 0.3) is 5.56 Å². The molecule has 1 amide bonds. The lowest BCUT2D eigenvalue weighted by molar-refractivity contribution is -0.125. The maximum absolute atomic E-state index is 12.2. The Balaban J connectivity index is 1.59. The van der Waals surface area contributed by atoms with Gasteiger partial charge in [-0.3, -0.25) is 14.6 Å². The highest BCUT2D eigenvalue weighted by Gasteiger charge is 2.55. The molecule has 1 saturated carbocycles. The van der Waals surface area contributed by atoms with E-state index in [1.54, 1.807) is 0 Å². The monoisotopic (exact) mass is 372 g/mol. The van der Waals surface area contributed by atoms with Crippen molar-refractivity contribution in [3.05, 3.63) is 33.1 Å². The van der Waals surface area contributed by atoms with Crippen molar-refractivity contribution in [3.63, 3.8) is 0 Å². The maximum Gasteiger partial charge on any atom is 0.328 e. The van der Waals surface area contributed by atoms with Crippen LogP contribution in [0.3, 0.4) is 0 Å². The number of hydrogen-bond donors (Lipinski definition) is 3. The van der Waals surface area contributed by atoms with Gasteiger partial charge in [0, 0.05) is 37.8 Å². The number of aryl methyl sites for hydroxylation is 1. The number of amides is 1. The third-order valence-electron chi connectivity index (χ3n) is 4.54. The molecular formula is C14H20N4O6S. The fourth-order valence-electron chi connectivity index (χ4n) is 3.39. The Morgan fingerprint density at radius 2 is 2.16 bits per heavy atom. The van der Waals surface area contributed by atoms with E-state index in [0.29, 0.717) is 6.61 Å². The number of hydrogen-bond acceptors (Lipinski definition) is 6. The van der Waals surface area contributed by atoms with E-state index < -0.39 is 27.3 Å². The van der Waals surface area contributed by atoms with Crippen LogP contribution < -0.4 is 21.3 Å². The van der Waals surface area contributed by atoms with Crippen LogP contribution in [-0.2, 0) is 26.1 Å². The van der Waals surface area contributed by atoms with Crippen LogP contribution in [-0.4, -0.2) is 54.9 Å². The van der Waals surface area contributed by atoms with Gasteiger partial charge in [-0.1, -0.05) is 0 Å². The number of fused-ring (bicyclic) bond motifs is 1. The van der Waals surface area contributed by atoms with Gasteiger partial charge in [0.05, 0.1) is 24.4 Å². The lowest BCUT2D eigenvalue weighted by Gasteiger charge is -2.47. The molecule has 2 fully saturated rings. The number of aromatic nitrogens is 2. The van der Waals surface area contributed by atoms with Gasteiger partial charge in [-0.05, 0) is 6.42 Å². The van der Waals surface area contributed by atoms with Crippen molar-refractivity contribution in [2.75, 3.05) is 12.9 Å². The summed E-state index contributed by atoms with van der Waals surface area (Å²) in [5, 5.41) is 2.83. The second kappa shape index (κ2) is 6.73. The minimum Gasteiger partial charge on any atom is -0.376 e. The molecule has 4 atom stereocenters. The van der Waals surface area contributed by atoms with E-state index in [2.05, 4.69) is 15.0 Å². The van der Waals surface area contributed by atoms with E-state index in [0.717, 1.165) is 12.7 Å². The molecule has 1 aromatic rings. The van der Waals surface area contributed by atoms with Crippen LogP contribution in [0.5, 0.6) is 0 Å². The summed E-state index contributed by atoms with van der Waals surface area (Å²) in [4.78, 5) is 36.9. The normalized spacial score (nSPS) is 28.2. The van der Waals surface area contributed by atoms with Gasteiger partial charge >= 0.3 is 5.69 Å². The molecule has 0 aromatic carbocycles. The maximum atomic E-state index is 12.2. The zero-order chi connectivity index (χ0) is 18.2. The van der Waals surface area contributed by atoms with Crippen LogP contribution in [0.2, 0.25) is 0 Å². The second-order valence-corrected chi connectivity index (χ2v) is 8.13. The van der Waals surface area contributed by atoms with Gasteiger partial charge < -0.3 is 14.6 Å². The summed E-state index contributed by atoms with van der Waals surface area (Å²) < 4.78 is 32.2. The van der Waals surface area contributed by atoms with Gasteiger partial charge in [0.1, 0.15) is 0 Å². The number of ether oxygens (including phenoxy) is 1. The van der Waals surface area contributed by atoms with Gasteiger partial charge in [0.15, 0.2) is 0 Å². The number of rotatable bonds is 6. The molecule has 1 aromatic heterocycles. The fourth-order valence-corrected chi connectivity index (χ4v) is 4.17. The fraction of sp³-hybridized carbons (Fsp3) is 0.643. The molecule has 1 aliphatic heterocycles. The summed E-state index contributed by atoms with van der Waals surface area (Å²) >= 11 is 0. The summed E-state index contributed by atoms with van der Waals surface area (Å²) in [6.45, 7) is 0.652. The molecule has 25 heavy (non-hydrogen) atoms. The summed E-state index contributed by atoms with van der Waals surface area (Å²) in [5.74, 6) is -0.215. The van der Waals surface area contributed by atoms with Crippen LogP contribution in [0.25, 0.3) is 0 Å². The predicted octanol–water partition coefficient (Wildman–Crippen LogP) is -2.25. The average Bonchev–Trinajstić information content (AvgIpc) is 2.93. The first-order valence-electron chi connectivity index (χ1n) is 7.92. The highest BCUT2D eigenvalue weighted by Crippen LogP contribution is 2.39. The first kappa shape index (κ1) is 17.8. The van der Waals surface area contributed by atoms with Crippen LogP contribution in [0.4, 0.5) is 0 Å². The molecule has 138 valence electrons. The van der Waals surface area contributed by atoms with Gasteiger partial charge in [-0.25, -0.2) is 17.9 Å². The number of carbonyl (C=O) groups is 1. The topological polar surface area (TPSA) is 139 Å². The zero-order valence-corrected chi connectivity index (χ0v) is 14.4. The van der Waals surface area contributed by atoms with Crippen molar-refractivity contribution in [1.29, 1.82) is 0 Å². The van der Waals surface area contributed by atoms with E-state index in [9.17, 15) is 22.8 Å². The Bertz CT molecular complexity index is 876. The minimum absolute atomic E-state index is 0.0340. The molecular weight excluding hydrogens is 352 g/mol. The van der Waals surface area contributed by atoms with Crippen molar-refractivity contribution in [2.45, 2.75) is 37.6 Å². The van der Waals surface area contributed by atoms with E-state index in [-0.39, 0.29) is 36.9 Å². The molecule has 0 spiro atoms. The van der Waals surface area contributed by atoms with Gasteiger partial charge in [0.2, 0.25) is 15.9 Å². The standard InChI is InChI=1S/C14H20N4O6S/c1-25(22,23)17-12-11(8-4-7-24-13(8)12)15-9(19)2-5-18-6-3-10(20)16-14(18)21/h3,6,8,11-13,17H,2,4-5,7H2,1H3,(H,15,19)(H,16,20,21)/t8-,11+,12-,13-/m0/s1. The van der Waals surface area contributed by atoms with Crippen LogP contribution >= 0.6 is 0 Å². The molecule has 3 rings (SSSR count). The number of nitrogens with zero attached hydrogens (tertiary/aromatic N) is 1. The number of carbonyl (C=O) groups excluding carboxylic acids is 1. The third kappa shape index (κ3) is 3.99. The molecule has 0 radical (unpaired) electrons. The number of sulfonamides is 1. The van der Waals surface area contributed by atoms with E-state index in [1.165, 1.54) is 16.8 Å². The lowest BCUT2D eigenvalue weighted by Crippen LogP contribution is -2.70. The number of aromatic amines is 1. The van der Waals surface area contributed by atoms with Crippen LogP contribution in [0.1, 0.15) is 12.8 Å². The molecule has 1 saturated heterocycles. The summed E-state index contributed by atoms with van der Waals surface area (Å²) in [7, 11) is -3.42. The average molecular weight is 372 g/mol. The van der Waals surface area contributed by atoms with Gasteiger partial charge in [-0.15, -0.1) is 0 Å². The Hall–Kier alpha value is -1.98. The highest BCUT2D eigenvalue weighted by molar-refractivity contribution is 7.88. The number of nitrogens with one attached hydrogen (secondary N) is 3. The Morgan fingerprint density at radius 1 is 1.40 bits per heavy atom. The lowest BCUT2D eigenvalue weighted by atomic mass is 9.72. The second-order valence-electron chi connectivity index (χ2n) is 6.35. The first-order chi connectivity index (χ1) is 11.7. The number of H-pyrrole nitrogens is 1. The van der Waals surface area contributed by atoms with Crippen molar-refractivity contribution >= 4 is 15.9 Å². The van der Waals surface area contributed by atoms with Crippen LogP contribution in [0, 0.1) is 5.92 Å². The molecule has 10 nitrogen and oxygen atoms in total. The van der Waals surface area contributed by atoms with E-state index in [4.69, 9.17) is 4.74 Å². The van der Waals surface area contributed by atoms with Crippen molar-refractivity contribution in [2.24, 2.45) is 5.92 Å². The molecule has 1 aliphatic carbocycles. The van der Waals surface area contributed by atoms with E-state index in [1.807, 2.05) is 0 Å². The molecule has 0 bridgehead atoms. The smallest absolute Gasteiger partial charge is 0.328 e. The van der Waals surface area contributed by atoms with Crippen molar-refractivity contribution in [1.82, 2.24) is 19.6 Å². The van der Waals surface area contributed by atoms with Crippen molar-refractivity contribution in [3.8, 4) is 0 Å². The van der Waals surface area contributed by atoms with Gasteiger partial charge in [-0.2, -0.15) is 0 Å². The van der Waals surface area contributed by atoms with Crippen LogP contribution in [0.15, 0.2) is 21.9 Å². The molecule has 3 N–H and O–H groups in total. The summed E-state index contributed by atoms with van der Waals surface area (Å²) in [6, 6.07) is 0.391. The minimum atomic E-state index is -3.42. The molecule has 2 heterocycles. The first-order valence-corrected chi connectivity index (χ1v) is 9.82. The van der Waals surface area contributed by atoms with Crippen molar-refractivity contribution < 1.29 is 17.9 Å². The predicted molar refractivity (Wildman–Crippen MR) is 87.5 cm³/mol. The Kier molecular flexibility index (Phi) is 4.80. The Labute approximate surface area is 143 Å². The molecule has 0 unspecified atom stereocenters. The quantitative estimate of drug-likeness (QED) is 0.515. The SMILES string of the molecule is CS(=O)(=O)N[C@H]1[C@H](NC(=O)CCn2ccc(=O)[nH]c2=O)[C@@H]2CCO[C@@H]21. The third-order valence-corrected chi connectivity index (χ3v) is 5.24. The largest absolute Gasteiger partial charge is 0.376 e. The summed E-state index contributed by atoms with van der Waals surface area (Å²) in [5.41, 5.74) is -1.08. The molecule has 11 heteroatoms. The highest BCUT2D eigenvalue weighted by atomic mass is 32.2. The Morgan fingerprint density at radius 3 is 2.84 bits per heavy atom. The van der Waals surface area contributed by atoms with E-state index >= 15 is 0 Å². The zero-order valence-electron chi connectivity index (χ0n) is 13.6. The summed E-state index contributed by atoms with van der Waals surface area (Å²) in [6.07, 6.45) is 2.97.